The summed E-state index contributed by atoms with van der Waals surface area (Å²) in [5.74, 6) is 0.755. The van der Waals surface area contributed by atoms with Crippen LogP contribution in [0.25, 0.3) is 0 Å². The second-order valence-electron chi connectivity index (χ2n) is 3.26. The van der Waals surface area contributed by atoms with Gasteiger partial charge in [-0.2, -0.15) is 0 Å². The molecule has 1 N–H and O–H groups in total. The summed E-state index contributed by atoms with van der Waals surface area (Å²) >= 11 is 5.59. The van der Waals surface area contributed by atoms with Crippen LogP contribution in [-0.4, -0.2) is 31.7 Å². The SMILES string of the molecule is COCC(C)NC(C)CCCCl. The van der Waals surface area contributed by atoms with Crippen molar-refractivity contribution in [2.24, 2.45) is 0 Å². The fourth-order valence-electron chi connectivity index (χ4n) is 1.25. The molecule has 0 aliphatic carbocycles. The van der Waals surface area contributed by atoms with Crippen LogP contribution in [0.3, 0.4) is 0 Å². The van der Waals surface area contributed by atoms with E-state index in [0.717, 1.165) is 25.3 Å². The average molecular weight is 194 g/mol. The number of methoxy groups -OCH3 is 1. The summed E-state index contributed by atoms with van der Waals surface area (Å²) in [7, 11) is 1.72. The van der Waals surface area contributed by atoms with Gasteiger partial charge in [0.2, 0.25) is 0 Å². The Kier molecular flexibility index (Phi) is 7.98. The molecule has 0 saturated carbocycles. The fraction of sp³-hybridized carbons (Fsp3) is 1.00. The standard InChI is InChI=1S/C9H20ClNO/c1-8(5-4-6-10)11-9(2)7-12-3/h8-9,11H,4-7H2,1-3H3. The lowest BCUT2D eigenvalue weighted by molar-refractivity contribution is 0.167. The van der Waals surface area contributed by atoms with Crippen molar-refractivity contribution < 1.29 is 4.74 Å². The second-order valence-corrected chi connectivity index (χ2v) is 3.63. The Balaban J connectivity index is 3.33. The van der Waals surface area contributed by atoms with Gasteiger partial charge in [0.05, 0.1) is 6.61 Å². The maximum Gasteiger partial charge on any atom is 0.0613 e. The van der Waals surface area contributed by atoms with Crippen molar-refractivity contribution in [3.05, 3.63) is 0 Å². The Labute approximate surface area is 80.6 Å². The summed E-state index contributed by atoms with van der Waals surface area (Å²) in [4.78, 5) is 0. The Hall–Kier alpha value is 0.210. The van der Waals surface area contributed by atoms with E-state index in [4.69, 9.17) is 16.3 Å². The van der Waals surface area contributed by atoms with Crippen LogP contribution in [0.4, 0.5) is 0 Å². The van der Waals surface area contributed by atoms with Gasteiger partial charge >= 0.3 is 0 Å². The van der Waals surface area contributed by atoms with Crippen molar-refractivity contribution in [3.8, 4) is 0 Å². The lowest BCUT2D eigenvalue weighted by atomic mass is 10.2. The van der Waals surface area contributed by atoms with E-state index in [2.05, 4.69) is 19.2 Å². The number of rotatable bonds is 7. The van der Waals surface area contributed by atoms with Crippen molar-refractivity contribution in [3.63, 3.8) is 0 Å². The van der Waals surface area contributed by atoms with Crippen LogP contribution in [0.1, 0.15) is 26.7 Å². The average Bonchev–Trinajstić information content (AvgIpc) is 2.01. The van der Waals surface area contributed by atoms with Crippen LogP contribution in [0.2, 0.25) is 0 Å². The van der Waals surface area contributed by atoms with E-state index >= 15 is 0 Å². The molecule has 0 heterocycles. The number of alkyl halides is 1. The third-order valence-corrected chi connectivity index (χ3v) is 2.02. The summed E-state index contributed by atoms with van der Waals surface area (Å²) in [6.45, 7) is 5.07. The Bertz CT molecular complexity index is 101. The van der Waals surface area contributed by atoms with Crippen LogP contribution in [-0.2, 0) is 4.74 Å². The highest BCUT2D eigenvalue weighted by molar-refractivity contribution is 6.17. The molecule has 0 saturated heterocycles. The second kappa shape index (κ2) is 7.84. The third kappa shape index (κ3) is 6.89. The molecule has 0 aliphatic rings. The van der Waals surface area contributed by atoms with Crippen molar-refractivity contribution in [2.45, 2.75) is 38.8 Å². The first kappa shape index (κ1) is 12.2. The maximum absolute atomic E-state index is 5.59. The van der Waals surface area contributed by atoms with E-state index in [9.17, 15) is 0 Å². The van der Waals surface area contributed by atoms with E-state index in [1.807, 2.05) is 0 Å². The van der Waals surface area contributed by atoms with Crippen LogP contribution in [0.15, 0.2) is 0 Å². The Morgan fingerprint density at radius 1 is 1.33 bits per heavy atom. The molecule has 2 atom stereocenters. The van der Waals surface area contributed by atoms with Crippen molar-refractivity contribution in [2.75, 3.05) is 19.6 Å². The molecule has 0 aliphatic heterocycles. The minimum Gasteiger partial charge on any atom is -0.383 e. The number of ether oxygens (including phenoxy) is 1. The van der Waals surface area contributed by atoms with Crippen LogP contribution in [0, 0.1) is 0 Å². The third-order valence-electron chi connectivity index (χ3n) is 1.76. The van der Waals surface area contributed by atoms with E-state index in [1.165, 1.54) is 0 Å². The molecule has 0 aromatic rings. The largest absolute Gasteiger partial charge is 0.383 e. The zero-order valence-electron chi connectivity index (χ0n) is 8.27. The van der Waals surface area contributed by atoms with Gasteiger partial charge < -0.3 is 10.1 Å². The van der Waals surface area contributed by atoms with Gasteiger partial charge in [0.25, 0.3) is 0 Å². The van der Waals surface area contributed by atoms with E-state index in [-0.39, 0.29) is 0 Å². The van der Waals surface area contributed by atoms with E-state index < -0.39 is 0 Å². The number of hydrogen-bond donors (Lipinski definition) is 1. The van der Waals surface area contributed by atoms with Crippen LogP contribution >= 0.6 is 11.6 Å². The highest BCUT2D eigenvalue weighted by atomic mass is 35.5. The zero-order valence-corrected chi connectivity index (χ0v) is 9.03. The first-order valence-corrected chi connectivity index (χ1v) is 5.05. The summed E-state index contributed by atoms with van der Waals surface area (Å²) in [6, 6.07) is 0.967. The molecule has 0 aromatic heterocycles. The first-order chi connectivity index (χ1) is 5.70. The molecule has 2 nitrogen and oxygen atoms in total. The molecule has 2 unspecified atom stereocenters. The first-order valence-electron chi connectivity index (χ1n) is 4.51. The van der Waals surface area contributed by atoms with Gasteiger partial charge in [0.15, 0.2) is 0 Å². The minimum absolute atomic E-state index is 0.431. The van der Waals surface area contributed by atoms with Gasteiger partial charge in [-0.25, -0.2) is 0 Å². The van der Waals surface area contributed by atoms with Gasteiger partial charge in [-0.3, -0.25) is 0 Å². The monoisotopic (exact) mass is 193 g/mol. The van der Waals surface area contributed by atoms with Crippen LogP contribution in [0.5, 0.6) is 0 Å². The quantitative estimate of drug-likeness (QED) is 0.625. The van der Waals surface area contributed by atoms with Gasteiger partial charge in [-0.05, 0) is 26.7 Å². The smallest absolute Gasteiger partial charge is 0.0613 e. The molecule has 0 radical (unpaired) electrons. The molecule has 3 heteroatoms. The molecular weight excluding hydrogens is 174 g/mol. The van der Waals surface area contributed by atoms with E-state index in [1.54, 1.807) is 7.11 Å². The number of nitrogens with one attached hydrogen (secondary N) is 1. The fourth-order valence-corrected chi connectivity index (χ4v) is 1.40. The predicted molar refractivity (Wildman–Crippen MR) is 53.9 cm³/mol. The van der Waals surface area contributed by atoms with Gasteiger partial charge in [-0.15, -0.1) is 11.6 Å². The van der Waals surface area contributed by atoms with Gasteiger partial charge in [-0.1, -0.05) is 0 Å². The molecule has 74 valence electrons. The zero-order chi connectivity index (χ0) is 9.40. The summed E-state index contributed by atoms with van der Waals surface area (Å²) in [6.07, 6.45) is 2.22. The molecule has 12 heavy (non-hydrogen) atoms. The predicted octanol–water partition coefficient (Wildman–Crippen LogP) is 2.02. The topological polar surface area (TPSA) is 21.3 Å². The maximum atomic E-state index is 5.59. The Morgan fingerprint density at radius 2 is 2.00 bits per heavy atom. The van der Waals surface area contributed by atoms with Crippen LogP contribution < -0.4 is 5.32 Å². The molecule has 0 amide bonds. The Morgan fingerprint density at radius 3 is 2.50 bits per heavy atom. The molecule has 0 rings (SSSR count). The summed E-state index contributed by atoms with van der Waals surface area (Å²) < 4.78 is 5.02. The van der Waals surface area contributed by atoms with Crippen molar-refractivity contribution in [1.29, 1.82) is 0 Å². The highest BCUT2D eigenvalue weighted by Crippen LogP contribution is 1.99. The number of hydrogen-bond acceptors (Lipinski definition) is 2. The highest BCUT2D eigenvalue weighted by Gasteiger charge is 2.05. The van der Waals surface area contributed by atoms with Gasteiger partial charge in [0, 0.05) is 25.1 Å². The van der Waals surface area contributed by atoms with Crippen molar-refractivity contribution >= 4 is 11.6 Å². The molecule has 0 aromatic carbocycles. The lowest BCUT2D eigenvalue weighted by Crippen LogP contribution is -2.37. The van der Waals surface area contributed by atoms with E-state index in [0.29, 0.717) is 12.1 Å². The lowest BCUT2D eigenvalue weighted by Gasteiger charge is -2.18. The van der Waals surface area contributed by atoms with Crippen molar-refractivity contribution in [1.82, 2.24) is 5.32 Å². The molecule has 0 spiro atoms. The molecule has 0 bridgehead atoms. The van der Waals surface area contributed by atoms with Gasteiger partial charge in [0.1, 0.15) is 0 Å². The normalized spacial score (nSPS) is 16.0. The minimum atomic E-state index is 0.431. The summed E-state index contributed by atoms with van der Waals surface area (Å²) in [5, 5.41) is 3.43. The molecule has 0 fully saturated rings. The molecular formula is C9H20ClNO. The number of halogens is 1. The summed E-state index contributed by atoms with van der Waals surface area (Å²) in [5.41, 5.74) is 0.